The van der Waals surface area contributed by atoms with Crippen molar-refractivity contribution >= 4 is 17.6 Å². The summed E-state index contributed by atoms with van der Waals surface area (Å²) in [5.41, 5.74) is 2.14. The maximum atomic E-state index is 12.3. The van der Waals surface area contributed by atoms with E-state index in [2.05, 4.69) is 5.32 Å². The van der Waals surface area contributed by atoms with Gasteiger partial charge in [-0.15, -0.1) is 0 Å². The zero-order valence-corrected chi connectivity index (χ0v) is 10.6. The summed E-state index contributed by atoms with van der Waals surface area (Å²) in [6, 6.07) is 5.03. The van der Waals surface area contributed by atoms with Crippen LogP contribution in [-0.4, -0.2) is 36.6 Å². The Kier molecular flexibility index (Phi) is 2.98. The van der Waals surface area contributed by atoms with Gasteiger partial charge in [0, 0.05) is 25.3 Å². The van der Waals surface area contributed by atoms with Crippen LogP contribution in [0.1, 0.15) is 22.3 Å². The summed E-state index contributed by atoms with van der Waals surface area (Å²) in [6.07, 6.45) is 1.73. The Labute approximate surface area is 111 Å². The summed E-state index contributed by atoms with van der Waals surface area (Å²) < 4.78 is 0. The number of aryl methyl sites for hydroxylation is 1. The van der Waals surface area contributed by atoms with E-state index in [9.17, 15) is 9.59 Å². The zero-order chi connectivity index (χ0) is 13.4. The fourth-order valence-corrected chi connectivity index (χ4v) is 2.64. The van der Waals surface area contributed by atoms with Gasteiger partial charge in [-0.1, -0.05) is 0 Å². The van der Waals surface area contributed by atoms with Crippen molar-refractivity contribution in [2.75, 3.05) is 24.5 Å². The molecule has 0 atom stereocenters. The van der Waals surface area contributed by atoms with E-state index in [1.807, 2.05) is 4.90 Å². The molecule has 100 valence electrons. The van der Waals surface area contributed by atoms with Gasteiger partial charge in [-0.25, -0.2) is 4.79 Å². The number of anilines is 1. The molecule has 19 heavy (non-hydrogen) atoms. The molecule has 1 saturated heterocycles. The molecule has 0 spiro atoms. The van der Waals surface area contributed by atoms with Crippen LogP contribution in [0.5, 0.6) is 0 Å². The Morgan fingerprint density at radius 1 is 1.32 bits per heavy atom. The van der Waals surface area contributed by atoms with Gasteiger partial charge in [-0.05, 0) is 36.6 Å². The first kappa shape index (κ1) is 12.2. The fraction of sp³-hybridized carbons (Fsp3) is 0.429. The van der Waals surface area contributed by atoms with Gasteiger partial charge < -0.3 is 15.3 Å². The van der Waals surface area contributed by atoms with Crippen LogP contribution in [0.4, 0.5) is 5.69 Å². The molecule has 0 unspecified atom stereocenters. The second-order valence-corrected chi connectivity index (χ2v) is 5.10. The van der Waals surface area contributed by atoms with Crippen LogP contribution in [0.3, 0.4) is 0 Å². The van der Waals surface area contributed by atoms with Crippen LogP contribution in [0.2, 0.25) is 0 Å². The average Bonchev–Trinajstić information content (AvgIpc) is 2.35. The van der Waals surface area contributed by atoms with E-state index in [1.54, 1.807) is 18.2 Å². The van der Waals surface area contributed by atoms with Gasteiger partial charge in [0.1, 0.15) is 0 Å². The molecule has 2 heterocycles. The second kappa shape index (κ2) is 4.66. The number of fused-ring (bicyclic) bond motifs is 1. The monoisotopic (exact) mass is 260 g/mol. The van der Waals surface area contributed by atoms with Gasteiger partial charge in [-0.3, -0.25) is 4.79 Å². The minimum Gasteiger partial charge on any atom is -0.478 e. The number of nitrogens with one attached hydrogen (secondary N) is 1. The van der Waals surface area contributed by atoms with Gasteiger partial charge in [0.05, 0.1) is 11.5 Å². The van der Waals surface area contributed by atoms with Crippen LogP contribution in [0.25, 0.3) is 0 Å². The molecule has 2 N–H and O–H groups in total. The number of carbonyl (C=O) groups excluding carboxylic acids is 1. The molecule has 2 aliphatic rings. The smallest absolute Gasteiger partial charge is 0.335 e. The lowest BCUT2D eigenvalue weighted by atomic mass is 9.95. The lowest BCUT2D eigenvalue weighted by molar-refractivity contribution is -0.123. The van der Waals surface area contributed by atoms with Crippen molar-refractivity contribution in [2.45, 2.75) is 12.8 Å². The Morgan fingerprint density at radius 2 is 2.11 bits per heavy atom. The minimum absolute atomic E-state index is 0.0742. The number of carboxylic acid groups (broad SMARTS) is 1. The van der Waals surface area contributed by atoms with Crippen molar-refractivity contribution in [3.63, 3.8) is 0 Å². The number of nitrogens with zero attached hydrogens (tertiary/aromatic N) is 1. The SMILES string of the molecule is O=C(O)c1ccc2c(c1)CCCN2C(=O)C1CNC1. The van der Waals surface area contributed by atoms with Crippen LogP contribution in [0, 0.1) is 5.92 Å². The quantitative estimate of drug-likeness (QED) is 0.828. The highest BCUT2D eigenvalue weighted by molar-refractivity contribution is 5.98. The number of carbonyl (C=O) groups is 2. The highest BCUT2D eigenvalue weighted by Gasteiger charge is 2.32. The first-order chi connectivity index (χ1) is 9.16. The van der Waals surface area contributed by atoms with E-state index in [1.165, 1.54) is 0 Å². The Bertz CT molecular complexity index is 537. The van der Waals surface area contributed by atoms with Gasteiger partial charge in [-0.2, -0.15) is 0 Å². The van der Waals surface area contributed by atoms with Crippen molar-refractivity contribution in [1.29, 1.82) is 0 Å². The second-order valence-electron chi connectivity index (χ2n) is 5.10. The van der Waals surface area contributed by atoms with Gasteiger partial charge in [0.25, 0.3) is 0 Å². The molecule has 0 aliphatic carbocycles. The van der Waals surface area contributed by atoms with Crippen LogP contribution >= 0.6 is 0 Å². The molecule has 0 radical (unpaired) electrons. The third kappa shape index (κ3) is 2.10. The minimum atomic E-state index is -0.922. The molecular formula is C14H16N2O3. The van der Waals surface area contributed by atoms with Crippen molar-refractivity contribution in [3.8, 4) is 0 Å². The maximum Gasteiger partial charge on any atom is 0.335 e. The van der Waals surface area contributed by atoms with E-state index >= 15 is 0 Å². The predicted molar refractivity (Wildman–Crippen MR) is 70.4 cm³/mol. The fourth-order valence-electron chi connectivity index (χ4n) is 2.64. The largest absolute Gasteiger partial charge is 0.478 e. The number of rotatable bonds is 2. The van der Waals surface area contributed by atoms with Gasteiger partial charge in [0.2, 0.25) is 5.91 Å². The average molecular weight is 260 g/mol. The highest BCUT2D eigenvalue weighted by Crippen LogP contribution is 2.29. The Hall–Kier alpha value is -1.88. The molecular weight excluding hydrogens is 244 g/mol. The molecule has 0 bridgehead atoms. The number of carboxylic acids is 1. The highest BCUT2D eigenvalue weighted by atomic mass is 16.4. The Morgan fingerprint density at radius 3 is 2.74 bits per heavy atom. The zero-order valence-electron chi connectivity index (χ0n) is 10.6. The third-order valence-electron chi connectivity index (χ3n) is 3.84. The number of hydrogen-bond acceptors (Lipinski definition) is 3. The lowest BCUT2D eigenvalue weighted by Gasteiger charge is -2.35. The first-order valence-corrected chi connectivity index (χ1v) is 6.55. The normalized spacial score (nSPS) is 18.6. The molecule has 1 amide bonds. The Balaban J connectivity index is 1.91. The number of benzene rings is 1. The number of aromatic carboxylic acids is 1. The van der Waals surface area contributed by atoms with Gasteiger partial charge >= 0.3 is 5.97 Å². The number of hydrogen-bond donors (Lipinski definition) is 2. The molecule has 5 nitrogen and oxygen atoms in total. The van der Waals surface area contributed by atoms with Crippen LogP contribution in [0.15, 0.2) is 18.2 Å². The molecule has 3 rings (SSSR count). The van der Waals surface area contributed by atoms with E-state index in [4.69, 9.17) is 5.11 Å². The van der Waals surface area contributed by atoms with E-state index in [-0.39, 0.29) is 11.8 Å². The first-order valence-electron chi connectivity index (χ1n) is 6.55. The lowest BCUT2D eigenvalue weighted by Crippen LogP contribution is -2.53. The van der Waals surface area contributed by atoms with Crippen LogP contribution < -0.4 is 10.2 Å². The topological polar surface area (TPSA) is 69.6 Å². The molecule has 5 heteroatoms. The van der Waals surface area contributed by atoms with Crippen molar-refractivity contribution in [1.82, 2.24) is 5.32 Å². The number of amides is 1. The van der Waals surface area contributed by atoms with E-state index in [0.29, 0.717) is 5.56 Å². The summed E-state index contributed by atoms with van der Waals surface area (Å²) in [7, 11) is 0. The van der Waals surface area contributed by atoms with Gasteiger partial charge in [0.15, 0.2) is 0 Å². The standard InChI is InChI=1S/C14H16N2O3/c17-13(11-7-15-8-11)16-5-1-2-9-6-10(14(18)19)3-4-12(9)16/h3-4,6,11,15H,1-2,5,7-8H2,(H,18,19). The predicted octanol–water partition coefficient (Wildman–Crippen LogP) is 0.883. The summed E-state index contributed by atoms with van der Waals surface area (Å²) in [6.45, 7) is 2.23. The summed E-state index contributed by atoms with van der Waals surface area (Å²) >= 11 is 0. The maximum absolute atomic E-state index is 12.3. The van der Waals surface area contributed by atoms with Crippen molar-refractivity contribution in [3.05, 3.63) is 29.3 Å². The van der Waals surface area contributed by atoms with Crippen molar-refractivity contribution < 1.29 is 14.7 Å². The molecule has 2 aliphatic heterocycles. The third-order valence-corrected chi connectivity index (χ3v) is 3.84. The summed E-state index contributed by atoms with van der Waals surface area (Å²) in [5, 5.41) is 12.1. The summed E-state index contributed by atoms with van der Waals surface area (Å²) in [4.78, 5) is 25.1. The summed E-state index contributed by atoms with van der Waals surface area (Å²) in [5.74, 6) is -0.692. The van der Waals surface area contributed by atoms with Crippen molar-refractivity contribution in [2.24, 2.45) is 5.92 Å². The molecule has 1 aromatic carbocycles. The van der Waals surface area contributed by atoms with E-state index < -0.39 is 5.97 Å². The van der Waals surface area contributed by atoms with Crippen LogP contribution in [-0.2, 0) is 11.2 Å². The van der Waals surface area contributed by atoms with E-state index in [0.717, 1.165) is 43.7 Å². The molecule has 1 aromatic rings. The molecule has 1 fully saturated rings. The molecule has 0 saturated carbocycles. The molecule has 0 aromatic heterocycles.